The molecule has 1 amide bonds. The van der Waals surface area contributed by atoms with Crippen LogP contribution in [0.1, 0.15) is 25.3 Å². The maximum atomic E-state index is 12.1. The fourth-order valence-electron chi connectivity index (χ4n) is 3.12. The Balaban J connectivity index is 1.43. The van der Waals surface area contributed by atoms with Crippen LogP contribution in [0.4, 0.5) is 0 Å². The molecule has 0 saturated heterocycles. The Morgan fingerprint density at radius 1 is 0.931 bits per heavy atom. The van der Waals surface area contributed by atoms with E-state index in [1.54, 1.807) is 7.11 Å². The highest BCUT2D eigenvalue weighted by molar-refractivity contribution is 5.88. The molecule has 0 aliphatic heterocycles. The SMILES string of the molecule is CCOc1ccc(CNC(=O)CCCOc2cccc3ccccc23)cc1OC. The van der Waals surface area contributed by atoms with Crippen molar-refractivity contribution in [3.63, 3.8) is 0 Å². The summed E-state index contributed by atoms with van der Waals surface area (Å²) in [6.45, 7) is 3.45. The smallest absolute Gasteiger partial charge is 0.220 e. The molecule has 0 radical (unpaired) electrons. The van der Waals surface area contributed by atoms with Crippen molar-refractivity contribution in [3.05, 3.63) is 66.2 Å². The van der Waals surface area contributed by atoms with Crippen LogP contribution in [0.15, 0.2) is 60.7 Å². The Hall–Kier alpha value is -3.21. The van der Waals surface area contributed by atoms with Gasteiger partial charge in [-0.1, -0.05) is 42.5 Å². The lowest BCUT2D eigenvalue weighted by molar-refractivity contribution is -0.121. The highest BCUT2D eigenvalue weighted by Crippen LogP contribution is 2.28. The average Bonchev–Trinajstić information content (AvgIpc) is 2.76. The number of nitrogens with one attached hydrogen (secondary N) is 1. The first kappa shape index (κ1) is 20.5. The quantitative estimate of drug-likeness (QED) is 0.506. The predicted octanol–water partition coefficient (Wildman–Crippen LogP) is 4.72. The molecule has 29 heavy (non-hydrogen) atoms. The summed E-state index contributed by atoms with van der Waals surface area (Å²) in [4.78, 5) is 12.1. The summed E-state index contributed by atoms with van der Waals surface area (Å²) in [6.07, 6.45) is 1.07. The Labute approximate surface area is 171 Å². The zero-order chi connectivity index (χ0) is 20.5. The number of benzene rings is 3. The van der Waals surface area contributed by atoms with Crippen LogP contribution >= 0.6 is 0 Å². The van der Waals surface area contributed by atoms with Gasteiger partial charge in [0, 0.05) is 18.4 Å². The number of rotatable bonds is 10. The number of carbonyl (C=O) groups is 1. The van der Waals surface area contributed by atoms with Crippen LogP contribution in [-0.2, 0) is 11.3 Å². The highest BCUT2D eigenvalue weighted by Gasteiger charge is 2.07. The molecule has 0 fully saturated rings. The van der Waals surface area contributed by atoms with Gasteiger partial charge in [-0.2, -0.15) is 0 Å². The Morgan fingerprint density at radius 2 is 1.76 bits per heavy atom. The summed E-state index contributed by atoms with van der Waals surface area (Å²) in [7, 11) is 1.61. The topological polar surface area (TPSA) is 56.8 Å². The van der Waals surface area contributed by atoms with Gasteiger partial charge in [0.15, 0.2) is 11.5 Å². The van der Waals surface area contributed by atoms with Crippen LogP contribution < -0.4 is 19.5 Å². The molecule has 0 aliphatic rings. The number of hydrogen-bond donors (Lipinski definition) is 1. The highest BCUT2D eigenvalue weighted by atomic mass is 16.5. The van der Waals surface area contributed by atoms with Gasteiger partial charge in [-0.25, -0.2) is 0 Å². The van der Waals surface area contributed by atoms with Crippen molar-refractivity contribution in [1.29, 1.82) is 0 Å². The van der Waals surface area contributed by atoms with Gasteiger partial charge in [0.25, 0.3) is 0 Å². The molecule has 1 N–H and O–H groups in total. The van der Waals surface area contributed by atoms with Crippen molar-refractivity contribution in [2.75, 3.05) is 20.3 Å². The predicted molar refractivity (Wildman–Crippen MR) is 115 cm³/mol. The maximum absolute atomic E-state index is 12.1. The Morgan fingerprint density at radius 3 is 2.59 bits per heavy atom. The van der Waals surface area contributed by atoms with Gasteiger partial charge in [-0.3, -0.25) is 4.79 Å². The molecule has 152 valence electrons. The van der Waals surface area contributed by atoms with E-state index in [4.69, 9.17) is 14.2 Å². The van der Waals surface area contributed by atoms with Crippen LogP contribution in [0.2, 0.25) is 0 Å². The molecule has 3 rings (SSSR count). The Kier molecular flexibility index (Phi) is 7.34. The van der Waals surface area contributed by atoms with Gasteiger partial charge < -0.3 is 19.5 Å². The first-order valence-corrected chi connectivity index (χ1v) is 9.88. The van der Waals surface area contributed by atoms with Crippen LogP contribution in [0, 0.1) is 0 Å². The molecule has 0 atom stereocenters. The molecule has 0 unspecified atom stereocenters. The van der Waals surface area contributed by atoms with Crippen molar-refractivity contribution in [1.82, 2.24) is 5.32 Å². The average molecular weight is 393 g/mol. The molecule has 3 aromatic rings. The van der Waals surface area contributed by atoms with Gasteiger partial charge in [-0.05, 0) is 42.5 Å². The summed E-state index contributed by atoms with van der Waals surface area (Å²) < 4.78 is 16.7. The van der Waals surface area contributed by atoms with Gasteiger partial charge >= 0.3 is 0 Å². The van der Waals surface area contributed by atoms with E-state index in [1.807, 2.05) is 55.5 Å². The number of amides is 1. The normalized spacial score (nSPS) is 10.6. The van der Waals surface area contributed by atoms with Gasteiger partial charge in [0.1, 0.15) is 5.75 Å². The summed E-state index contributed by atoms with van der Waals surface area (Å²) >= 11 is 0. The van der Waals surface area contributed by atoms with Crippen LogP contribution in [0.25, 0.3) is 10.8 Å². The monoisotopic (exact) mass is 393 g/mol. The standard InChI is InChI=1S/C24H27NO4/c1-3-28-22-14-13-18(16-23(22)27-2)17-25-24(26)12-7-15-29-21-11-6-9-19-8-4-5-10-20(19)21/h4-6,8-11,13-14,16H,3,7,12,15,17H2,1-2H3,(H,25,26). The van der Waals surface area contributed by atoms with Crippen LogP contribution in [-0.4, -0.2) is 26.2 Å². The minimum absolute atomic E-state index is 0.000582. The summed E-state index contributed by atoms with van der Waals surface area (Å²) in [5, 5.41) is 5.17. The lowest BCUT2D eigenvalue weighted by Crippen LogP contribution is -2.23. The first-order chi connectivity index (χ1) is 14.2. The first-order valence-electron chi connectivity index (χ1n) is 9.88. The molecule has 0 aromatic heterocycles. The molecule has 5 heteroatoms. The minimum atomic E-state index is -0.000582. The van der Waals surface area contributed by atoms with Gasteiger partial charge in [0.05, 0.1) is 20.3 Å². The molecule has 0 heterocycles. The zero-order valence-electron chi connectivity index (χ0n) is 16.9. The van der Waals surface area contributed by atoms with E-state index in [9.17, 15) is 4.79 Å². The molecule has 0 spiro atoms. The second-order valence-corrected chi connectivity index (χ2v) is 6.62. The second-order valence-electron chi connectivity index (χ2n) is 6.62. The maximum Gasteiger partial charge on any atom is 0.220 e. The van der Waals surface area contributed by atoms with Crippen LogP contribution in [0.5, 0.6) is 17.2 Å². The third-order valence-electron chi connectivity index (χ3n) is 4.57. The van der Waals surface area contributed by atoms with Crippen LogP contribution in [0.3, 0.4) is 0 Å². The van der Waals surface area contributed by atoms with E-state index < -0.39 is 0 Å². The number of methoxy groups -OCH3 is 1. The van der Waals surface area contributed by atoms with Crippen molar-refractivity contribution < 1.29 is 19.0 Å². The fraction of sp³-hybridized carbons (Fsp3) is 0.292. The van der Waals surface area contributed by atoms with Gasteiger partial charge in [0.2, 0.25) is 5.91 Å². The van der Waals surface area contributed by atoms with E-state index in [2.05, 4.69) is 17.4 Å². The molecular formula is C24H27NO4. The number of hydrogen-bond acceptors (Lipinski definition) is 4. The van der Waals surface area contributed by atoms with Crippen molar-refractivity contribution in [2.24, 2.45) is 0 Å². The minimum Gasteiger partial charge on any atom is -0.493 e. The summed E-state index contributed by atoms with van der Waals surface area (Å²) in [6, 6.07) is 19.8. The molecule has 0 aliphatic carbocycles. The molecule has 3 aromatic carbocycles. The number of ether oxygens (including phenoxy) is 3. The number of carbonyl (C=O) groups excluding carboxylic acids is 1. The van der Waals surface area contributed by atoms with Crippen molar-refractivity contribution >= 4 is 16.7 Å². The largest absolute Gasteiger partial charge is 0.493 e. The van der Waals surface area contributed by atoms with E-state index in [-0.39, 0.29) is 5.91 Å². The molecule has 0 saturated carbocycles. The van der Waals surface area contributed by atoms with Crippen molar-refractivity contribution in [3.8, 4) is 17.2 Å². The van der Waals surface area contributed by atoms with Crippen molar-refractivity contribution in [2.45, 2.75) is 26.3 Å². The van der Waals surface area contributed by atoms with E-state index in [1.165, 1.54) is 0 Å². The zero-order valence-corrected chi connectivity index (χ0v) is 16.9. The Bertz CT molecular complexity index is 949. The summed E-state index contributed by atoms with van der Waals surface area (Å²) in [5.41, 5.74) is 0.964. The molecule has 5 nitrogen and oxygen atoms in total. The van der Waals surface area contributed by atoms with Gasteiger partial charge in [-0.15, -0.1) is 0 Å². The summed E-state index contributed by atoms with van der Waals surface area (Å²) in [5.74, 6) is 2.22. The lowest BCUT2D eigenvalue weighted by Gasteiger charge is -2.12. The van der Waals surface area contributed by atoms with E-state index in [0.717, 1.165) is 22.1 Å². The lowest BCUT2D eigenvalue weighted by atomic mass is 10.1. The molecule has 0 bridgehead atoms. The van der Waals surface area contributed by atoms with E-state index >= 15 is 0 Å². The third-order valence-corrected chi connectivity index (χ3v) is 4.57. The third kappa shape index (κ3) is 5.64. The number of fused-ring (bicyclic) bond motifs is 1. The second kappa shape index (κ2) is 10.4. The van der Waals surface area contributed by atoms with E-state index in [0.29, 0.717) is 44.1 Å². The fourth-order valence-corrected chi connectivity index (χ4v) is 3.12. The molecular weight excluding hydrogens is 366 g/mol.